The zero-order valence-electron chi connectivity index (χ0n) is 12.0. The summed E-state index contributed by atoms with van der Waals surface area (Å²) in [7, 11) is 3.80. The molecule has 1 N–H and O–H groups in total. The van der Waals surface area contributed by atoms with E-state index in [0.29, 0.717) is 12.0 Å². The van der Waals surface area contributed by atoms with Crippen LogP contribution in [0.25, 0.3) is 0 Å². The van der Waals surface area contributed by atoms with E-state index >= 15 is 0 Å². The first-order valence-electron chi connectivity index (χ1n) is 6.75. The molecule has 0 amide bonds. The fraction of sp³-hybridized carbons (Fsp3) is 0.533. The van der Waals surface area contributed by atoms with E-state index in [4.69, 9.17) is 9.47 Å². The van der Waals surface area contributed by atoms with Crippen molar-refractivity contribution < 1.29 is 19.4 Å². The number of ether oxygens (including phenoxy) is 2. The van der Waals surface area contributed by atoms with Crippen molar-refractivity contribution in [1.82, 2.24) is 4.90 Å². The van der Waals surface area contributed by atoms with Crippen LogP contribution in [-0.2, 0) is 9.47 Å². The average molecular weight is 279 g/mol. The van der Waals surface area contributed by atoms with E-state index in [1.54, 1.807) is 24.3 Å². The lowest BCUT2D eigenvalue weighted by Crippen LogP contribution is -2.55. The predicted octanol–water partition coefficient (Wildman–Crippen LogP) is 1.27. The summed E-state index contributed by atoms with van der Waals surface area (Å²) < 4.78 is 10.8. The molecule has 0 spiro atoms. The first-order chi connectivity index (χ1) is 9.49. The van der Waals surface area contributed by atoms with Crippen LogP contribution in [0.1, 0.15) is 23.7 Å². The second kappa shape index (κ2) is 6.35. The molecule has 0 radical (unpaired) electrons. The van der Waals surface area contributed by atoms with E-state index in [2.05, 4.69) is 0 Å². The molecule has 3 unspecified atom stereocenters. The number of aliphatic hydroxyl groups is 1. The van der Waals surface area contributed by atoms with Gasteiger partial charge in [0, 0.05) is 0 Å². The number of hydrogen-bond donors (Lipinski definition) is 1. The summed E-state index contributed by atoms with van der Waals surface area (Å²) in [5.41, 5.74) is 0.468. The number of aliphatic hydroxyl groups excluding tert-OH is 1. The van der Waals surface area contributed by atoms with Crippen LogP contribution in [0, 0.1) is 0 Å². The van der Waals surface area contributed by atoms with Crippen LogP contribution in [0.2, 0.25) is 0 Å². The molecule has 1 aliphatic heterocycles. The highest BCUT2D eigenvalue weighted by atomic mass is 16.6. The average Bonchev–Trinajstić information content (AvgIpc) is 2.42. The largest absolute Gasteiger partial charge is 0.452 e. The van der Waals surface area contributed by atoms with Gasteiger partial charge in [-0.25, -0.2) is 4.79 Å². The second-order valence-corrected chi connectivity index (χ2v) is 5.34. The number of esters is 1. The number of carbonyl (C=O) groups is 1. The van der Waals surface area contributed by atoms with Gasteiger partial charge in [0.15, 0.2) is 12.4 Å². The van der Waals surface area contributed by atoms with Crippen LogP contribution in [0.15, 0.2) is 30.3 Å². The molecule has 1 heterocycles. The lowest BCUT2D eigenvalue weighted by atomic mass is 9.99. The third kappa shape index (κ3) is 3.36. The lowest BCUT2D eigenvalue weighted by Gasteiger charge is -2.40. The van der Waals surface area contributed by atoms with Crippen LogP contribution in [-0.4, -0.2) is 54.6 Å². The normalized spacial score (nSPS) is 30.2. The van der Waals surface area contributed by atoms with Gasteiger partial charge in [-0.1, -0.05) is 18.2 Å². The van der Waals surface area contributed by atoms with Crippen LogP contribution < -0.4 is 0 Å². The standard InChI is InChI=1S/C15H21NO4/c1-10-9-12(16(2)3)13(15(18)19-10)20-14(17)11-7-5-4-6-8-11/h4-8,10,12-13,15,18H,9H2,1-3H3/t10?,12?,13-,15?/m1/s1. The quantitative estimate of drug-likeness (QED) is 0.844. The second-order valence-electron chi connectivity index (χ2n) is 5.34. The Morgan fingerprint density at radius 3 is 2.60 bits per heavy atom. The Hall–Kier alpha value is -1.43. The zero-order chi connectivity index (χ0) is 14.7. The molecule has 20 heavy (non-hydrogen) atoms. The smallest absolute Gasteiger partial charge is 0.338 e. The van der Waals surface area contributed by atoms with E-state index in [1.165, 1.54) is 0 Å². The summed E-state index contributed by atoms with van der Waals surface area (Å²) >= 11 is 0. The van der Waals surface area contributed by atoms with E-state index in [1.807, 2.05) is 32.0 Å². The van der Waals surface area contributed by atoms with Crippen molar-refractivity contribution in [2.24, 2.45) is 0 Å². The highest BCUT2D eigenvalue weighted by molar-refractivity contribution is 5.89. The number of nitrogens with zero attached hydrogens (tertiary/aromatic N) is 1. The van der Waals surface area contributed by atoms with Crippen LogP contribution in [0.4, 0.5) is 0 Å². The summed E-state index contributed by atoms with van der Waals surface area (Å²) in [5, 5.41) is 10.0. The molecule has 1 saturated heterocycles. The van der Waals surface area contributed by atoms with Crippen molar-refractivity contribution in [2.45, 2.75) is 37.9 Å². The lowest BCUT2D eigenvalue weighted by molar-refractivity contribution is -0.230. The molecule has 1 aliphatic rings. The molecule has 0 aromatic heterocycles. The molecule has 0 saturated carbocycles. The number of carbonyl (C=O) groups excluding carboxylic acids is 1. The van der Waals surface area contributed by atoms with Gasteiger partial charge < -0.3 is 19.5 Å². The fourth-order valence-corrected chi connectivity index (χ4v) is 2.44. The first-order valence-corrected chi connectivity index (χ1v) is 6.75. The minimum Gasteiger partial charge on any atom is -0.452 e. The Morgan fingerprint density at radius 2 is 2.00 bits per heavy atom. The van der Waals surface area contributed by atoms with Gasteiger partial charge >= 0.3 is 5.97 Å². The molecule has 110 valence electrons. The van der Waals surface area contributed by atoms with Crippen molar-refractivity contribution in [1.29, 1.82) is 0 Å². The number of benzene rings is 1. The van der Waals surface area contributed by atoms with Crippen LogP contribution in [0.3, 0.4) is 0 Å². The Balaban J connectivity index is 2.11. The van der Waals surface area contributed by atoms with E-state index < -0.39 is 18.4 Å². The SMILES string of the molecule is CC1CC(N(C)C)[C@@H](OC(=O)c2ccccc2)C(O)O1. The van der Waals surface area contributed by atoms with Crippen molar-refractivity contribution in [2.75, 3.05) is 14.1 Å². The molecule has 4 atom stereocenters. The maximum Gasteiger partial charge on any atom is 0.338 e. The molecule has 0 bridgehead atoms. The van der Waals surface area contributed by atoms with Crippen LogP contribution >= 0.6 is 0 Å². The maximum atomic E-state index is 12.1. The van der Waals surface area contributed by atoms with E-state index in [-0.39, 0.29) is 12.1 Å². The Bertz CT molecular complexity index is 448. The Labute approximate surface area is 119 Å². The molecular formula is C15H21NO4. The predicted molar refractivity (Wildman–Crippen MR) is 74.3 cm³/mol. The molecule has 5 nitrogen and oxygen atoms in total. The van der Waals surface area contributed by atoms with Gasteiger partial charge in [0.1, 0.15) is 0 Å². The third-order valence-corrected chi connectivity index (χ3v) is 3.52. The molecule has 1 fully saturated rings. The van der Waals surface area contributed by atoms with Gasteiger partial charge in [0.25, 0.3) is 0 Å². The monoisotopic (exact) mass is 279 g/mol. The van der Waals surface area contributed by atoms with Crippen molar-refractivity contribution in [3.05, 3.63) is 35.9 Å². The van der Waals surface area contributed by atoms with Gasteiger partial charge in [-0.05, 0) is 39.6 Å². The highest BCUT2D eigenvalue weighted by Crippen LogP contribution is 2.25. The molecule has 1 aromatic rings. The third-order valence-electron chi connectivity index (χ3n) is 3.52. The van der Waals surface area contributed by atoms with E-state index in [9.17, 15) is 9.90 Å². The molecule has 2 rings (SSSR count). The van der Waals surface area contributed by atoms with Crippen LogP contribution in [0.5, 0.6) is 0 Å². The minimum atomic E-state index is -1.10. The summed E-state index contributed by atoms with van der Waals surface area (Å²) in [4.78, 5) is 14.1. The summed E-state index contributed by atoms with van der Waals surface area (Å²) in [5.74, 6) is -0.445. The van der Waals surface area contributed by atoms with Gasteiger partial charge in [-0.2, -0.15) is 0 Å². The summed E-state index contributed by atoms with van der Waals surface area (Å²) in [6, 6.07) is 8.68. The summed E-state index contributed by atoms with van der Waals surface area (Å²) in [6.45, 7) is 1.90. The van der Waals surface area contributed by atoms with Crippen molar-refractivity contribution >= 4 is 5.97 Å². The van der Waals surface area contributed by atoms with E-state index in [0.717, 1.165) is 0 Å². The van der Waals surface area contributed by atoms with Gasteiger partial charge in [0.05, 0.1) is 17.7 Å². The molecule has 1 aromatic carbocycles. The van der Waals surface area contributed by atoms with Gasteiger partial charge in [-0.15, -0.1) is 0 Å². The number of likely N-dealkylation sites (N-methyl/N-ethyl adjacent to an activating group) is 1. The maximum absolute atomic E-state index is 12.1. The highest BCUT2D eigenvalue weighted by Gasteiger charge is 2.40. The summed E-state index contributed by atoms with van der Waals surface area (Å²) in [6.07, 6.45) is -1.15. The van der Waals surface area contributed by atoms with Crippen molar-refractivity contribution in [3.63, 3.8) is 0 Å². The zero-order valence-corrected chi connectivity index (χ0v) is 12.0. The molecular weight excluding hydrogens is 258 g/mol. The number of hydrogen-bond acceptors (Lipinski definition) is 5. The van der Waals surface area contributed by atoms with Crippen molar-refractivity contribution in [3.8, 4) is 0 Å². The van der Waals surface area contributed by atoms with Gasteiger partial charge in [-0.3, -0.25) is 0 Å². The Kier molecular flexibility index (Phi) is 4.75. The topological polar surface area (TPSA) is 59.0 Å². The Morgan fingerprint density at radius 1 is 1.35 bits per heavy atom. The molecule has 5 heteroatoms. The fourth-order valence-electron chi connectivity index (χ4n) is 2.44. The minimum absolute atomic E-state index is 0.0657. The molecule has 0 aliphatic carbocycles. The van der Waals surface area contributed by atoms with Gasteiger partial charge in [0.2, 0.25) is 0 Å². The first kappa shape index (κ1) is 15.0. The number of rotatable bonds is 3.